The highest BCUT2D eigenvalue weighted by Crippen LogP contribution is 2.36. The minimum atomic E-state index is -0.803. The third-order valence-electron chi connectivity index (χ3n) is 4.90. The van der Waals surface area contributed by atoms with Gasteiger partial charge in [0.1, 0.15) is 11.1 Å². The van der Waals surface area contributed by atoms with Crippen molar-refractivity contribution in [2.75, 3.05) is 23.1 Å². The molecule has 1 saturated heterocycles. The van der Waals surface area contributed by atoms with Crippen molar-refractivity contribution in [1.82, 2.24) is 0 Å². The molecule has 0 saturated carbocycles. The van der Waals surface area contributed by atoms with E-state index in [0.717, 1.165) is 11.8 Å². The zero-order valence-corrected chi connectivity index (χ0v) is 19.1. The highest BCUT2D eigenvalue weighted by molar-refractivity contribution is 8.04. The SMILES string of the molecule is COC(=O)/C(C#N)=C1\SCC(=O)N1c1ccc(C(=O)Nc2ccc(C(C)(C)C)cc2)cc1. The summed E-state index contributed by atoms with van der Waals surface area (Å²) in [6.07, 6.45) is 0. The van der Waals surface area contributed by atoms with Gasteiger partial charge in [0.15, 0.2) is 5.57 Å². The maximum absolute atomic E-state index is 12.6. The van der Waals surface area contributed by atoms with Crippen molar-refractivity contribution in [3.05, 3.63) is 70.3 Å². The summed E-state index contributed by atoms with van der Waals surface area (Å²) in [6, 6.07) is 15.9. The largest absolute Gasteiger partial charge is 0.465 e. The summed E-state index contributed by atoms with van der Waals surface area (Å²) in [5, 5.41) is 12.4. The van der Waals surface area contributed by atoms with E-state index in [1.165, 1.54) is 17.6 Å². The zero-order chi connectivity index (χ0) is 23.5. The molecule has 1 aliphatic heterocycles. The van der Waals surface area contributed by atoms with E-state index in [0.29, 0.717) is 16.9 Å². The van der Waals surface area contributed by atoms with Gasteiger partial charge in [-0.15, -0.1) is 0 Å². The Morgan fingerprint density at radius 2 is 1.72 bits per heavy atom. The van der Waals surface area contributed by atoms with Gasteiger partial charge in [-0.3, -0.25) is 14.5 Å². The molecule has 32 heavy (non-hydrogen) atoms. The number of rotatable bonds is 4. The fourth-order valence-corrected chi connectivity index (χ4v) is 4.12. The smallest absolute Gasteiger partial charge is 0.351 e. The van der Waals surface area contributed by atoms with Crippen molar-refractivity contribution in [2.24, 2.45) is 0 Å². The molecule has 1 fully saturated rings. The van der Waals surface area contributed by atoms with Crippen molar-refractivity contribution < 1.29 is 19.1 Å². The fourth-order valence-electron chi connectivity index (χ4n) is 3.12. The molecule has 0 unspecified atom stereocenters. The number of methoxy groups -OCH3 is 1. The molecular formula is C24H23N3O4S. The number of nitrogens with zero attached hydrogens (tertiary/aromatic N) is 2. The van der Waals surface area contributed by atoms with Crippen LogP contribution >= 0.6 is 11.8 Å². The van der Waals surface area contributed by atoms with Gasteiger partial charge in [-0.05, 0) is 47.4 Å². The van der Waals surface area contributed by atoms with E-state index in [1.807, 2.05) is 30.3 Å². The lowest BCUT2D eigenvalue weighted by molar-refractivity contribution is -0.135. The van der Waals surface area contributed by atoms with Crippen molar-refractivity contribution in [3.63, 3.8) is 0 Å². The van der Waals surface area contributed by atoms with Crippen molar-refractivity contribution in [2.45, 2.75) is 26.2 Å². The molecule has 3 rings (SSSR count). The lowest BCUT2D eigenvalue weighted by atomic mass is 9.87. The molecule has 8 heteroatoms. The molecule has 0 spiro atoms. The Morgan fingerprint density at radius 3 is 2.25 bits per heavy atom. The number of thioether (sulfide) groups is 1. The van der Waals surface area contributed by atoms with E-state index >= 15 is 0 Å². The Labute approximate surface area is 191 Å². The zero-order valence-electron chi connectivity index (χ0n) is 18.3. The number of benzene rings is 2. The molecule has 0 radical (unpaired) electrons. The first-order valence-corrected chi connectivity index (χ1v) is 10.8. The molecule has 0 aliphatic carbocycles. The molecule has 1 N–H and O–H groups in total. The van der Waals surface area contributed by atoms with Crippen molar-refractivity contribution in [3.8, 4) is 6.07 Å². The molecule has 0 bridgehead atoms. The van der Waals surface area contributed by atoms with Crippen LogP contribution in [0.15, 0.2) is 59.1 Å². The van der Waals surface area contributed by atoms with Crippen LogP contribution in [0.5, 0.6) is 0 Å². The van der Waals surface area contributed by atoms with Gasteiger partial charge < -0.3 is 10.1 Å². The van der Waals surface area contributed by atoms with Crippen LogP contribution in [0.3, 0.4) is 0 Å². The first kappa shape index (κ1) is 23.1. The average Bonchev–Trinajstić information content (AvgIpc) is 3.15. The van der Waals surface area contributed by atoms with Crippen LogP contribution in [0.4, 0.5) is 11.4 Å². The second kappa shape index (κ2) is 9.28. The number of ether oxygens (including phenoxy) is 1. The lowest BCUT2D eigenvalue weighted by Gasteiger charge is -2.19. The number of amides is 2. The molecule has 7 nitrogen and oxygen atoms in total. The standard InChI is InChI=1S/C24H23N3O4S/c1-24(2,3)16-7-9-17(10-8-16)26-21(29)15-5-11-18(12-6-15)27-20(28)14-32-22(27)19(13-25)23(30)31-4/h5-12H,14H2,1-4H3,(H,26,29)/b22-19-. The number of nitriles is 1. The first-order chi connectivity index (χ1) is 15.2. The van der Waals surface area contributed by atoms with Gasteiger partial charge in [-0.1, -0.05) is 44.7 Å². The summed E-state index contributed by atoms with van der Waals surface area (Å²) in [5.74, 6) is -1.25. The summed E-state index contributed by atoms with van der Waals surface area (Å²) >= 11 is 1.10. The first-order valence-electron chi connectivity index (χ1n) is 9.86. The van der Waals surface area contributed by atoms with Gasteiger partial charge in [-0.2, -0.15) is 5.26 Å². The van der Waals surface area contributed by atoms with Crippen LogP contribution in [0, 0.1) is 11.3 Å². The van der Waals surface area contributed by atoms with E-state index in [-0.39, 0.29) is 33.6 Å². The van der Waals surface area contributed by atoms with Gasteiger partial charge in [-0.25, -0.2) is 4.79 Å². The number of nitrogens with one attached hydrogen (secondary N) is 1. The number of esters is 1. The number of hydrogen-bond acceptors (Lipinski definition) is 6. The highest BCUT2D eigenvalue weighted by Gasteiger charge is 2.33. The van der Waals surface area contributed by atoms with Crippen LogP contribution in [-0.4, -0.2) is 30.6 Å². The molecule has 1 aliphatic rings. The molecule has 2 amide bonds. The van der Waals surface area contributed by atoms with Crippen molar-refractivity contribution in [1.29, 1.82) is 5.26 Å². The van der Waals surface area contributed by atoms with Gasteiger partial charge in [0.05, 0.1) is 12.9 Å². The molecular weight excluding hydrogens is 426 g/mol. The second-order valence-electron chi connectivity index (χ2n) is 8.13. The maximum atomic E-state index is 12.6. The lowest BCUT2D eigenvalue weighted by Crippen LogP contribution is -2.26. The van der Waals surface area contributed by atoms with Gasteiger partial charge in [0, 0.05) is 16.9 Å². The Balaban J connectivity index is 1.80. The predicted octanol–water partition coefficient (Wildman–Crippen LogP) is 4.22. The predicted molar refractivity (Wildman–Crippen MR) is 124 cm³/mol. The van der Waals surface area contributed by atoms with Crippen LogP contribution in [0.25, 0.3) is 0 Å². The quantitative estimate of drug-likeness (QED) is 0.426. The molecule has 164 valence electrons. The summed E-state index contributed by atoms with van der Waals surface area (Å²) in [6.45, 7) is 6.37. The van der Waals surface area contributed by atoms with E-state index in [2.05, 4.69) is 30.8 Å². The topological polar surface area (TPSA) is 99.5 Å². The minimum Gasteiger partial charge on any atom is -0.465 e. The van der Waals surface area contributed by atoms with E-state index < -0.39 is 5.97 Å². The molecule has 0 atom stereocenters. The molecule has 2 aromatic carbocycles. The van der Waals surface area contributed by atoms with Gasteiger partial charge in [0.2, 0.25) is 5.91 Å². The monoisotopic (exact) mass is 449 g/mol. The van der Waals surface area contributed by atoms with Gasteiger partial charge in [0.25, 0.3) is 5.91 Å². The highest BCUT2D eigenvalue weighted by atomic mass is 32.2. The molecule has 1 heterocycles. The summed E-state index contributed by atoms with van der Waals surface area (Å²) < 4.78 is 4.64. The molecule has 2 aromatic rings. The van der Waals surface area contributed by atoms with Crippen LogP contribution in [0.2, 0.25) is 0 Å². The van der Waals surface area contributed by atoms with E-state index in [4.69, 9.17) is 0 Å². The number of carbonyl (C=O) groups is 3. The normalized spacial score (nSPS) is 15.2. The minimum absolute atomic E-state index is 0.0240. The number of carbonyl (C=O) groups excluding carboxylic acids is 3. The Bertz CT molecular complexity index is 1120. The fraction of sp³-hybridized carbons (Fsp3) is 0.250. The third-order valence-corrected chi connectivity index (χ3v) is 5.95. The Hall–Kier alpha value is -3.57. The van der Waals surface area contributed by atoms with Crippen molar-refractivity contribution >= 4 is 40.9 Å². The summed E-state index contributed by atoms with van der Waals surface area (Å²) in [4.78, 5) is 38.2. The maximum Gasteiger partial charge on any atom is 0.351 e. The van der Waals surface area contributed by atoms with Crippen LogP contribution in [0.1, 0.15) is 36.7 Å². The van der Waals surface area contributed by atoms with E-state index in [9.17, 15) is 19.6 Å². The number of anilines is 2. The van der Waals surface area contributed by atoms with E-state index in [1.54, 1.807) is 24.3 Å². The average molecular weight is 450 g/mol. The second-order valence-corrected chi connectivity index (χ2v) is 9.09. The van der Waals surface area contributed by atoms with Crippen LogP contribution < -0.4 is 10.2 Å². The van der Waals surface area contributed by atoms with Crippen LogP contribution in [-0.2, 0) is 19.7 Å². The summed E-state index contributed by atoms with van der Waals surface area (Å²) in [5.41, 5.74) is 2.50. The Morgan fingerprint density at radius 1 is 1.09 bits per heavy atom. The number of hydrogen-bond donors (Lipinski definition) is 1. The van der Waals surface area contributed by atoms with Gasteiger partial charge >= 0.3 is 5.97 Å². The molecule has 0 aromatic heterocycles. The third kappa shape index (κ3) is 4.84. The Kier molecular flexibility index (Phi) is 6.70. The summed E-state index contributed by atoms with van der Waals surface area (Å²) in [7, 11) is 1.18.